The van der Waals surface area contributed by atoms with Gasteiger partial charge in [0.15, 0.2) is 0 Å². The van der Waals surface area contributed by atoms with E-state index in [0.717, 1.165) is 11.1 Å². The first-order valence-electron chi connectivity index (χ1n) is 6.01. The number of nitro groups is 1. The molecule has 3 heteroatoms. The van der Waals surface area contributed by atoms with E-state index in [1.807, 2.05) is 42.5 Å². The van der Waals surface area contributed by atoms with Gasteiger partial charge in [-0.1, -0.05) is 60.7 Å². The topological polar surface area (TPSA) is 43.1 Å². The number of rotatable bonds is 6. The van der Waals surface area contributed by atoms with Crippen LogP contribution in [-0.4, -0.2) is 4.92 Å². The highest BCUT2D eigenvalue weighted by Crippen LogP contribution is 2.09. The van der Waals surface area contributed by atoms with Gasteiger partial charge in [0.2, 0.25) is 0 Å². The molecule has 1 aromatic rings. The van der Waals surface area contributed by atoms with Crippen LogP contribution < -0.4 is 0 Å². The summed E-state index contributed by atoms with van der Waals surface area (Å²) in [4.78, 5) is 10.3. The molecule has 1 rings (SSSR count). The lowest BCUT2D eigenvalue weighted by Crippen LogP contribution is -1.95. The fraction of sp³-hybridized carbons (Fsp3) is 0.125. The smallest absolute Gasteiger partial charge is 0.258 e. The molecular weight excluding hydrogens is 238 g/mol. The molecule has 98 valence electrons. The third-order valence-electron chi connectivity index (χ3n) is 2.43. The Morgan fingerprint density at radius 2 is 2.00 bits per heavy atom. The lowest BCUT2D eigenvalue weighted by molar-refractivity contribution is -0.419. The minimum Gasteiger partial charge on any atom is -0.258 e. The van der Waals surface area contributed by atoms with E-state index in [9.17, 15) is 10.1 Å². The van der Waals surface area contributed by atoms with E-state index >= 15 is 0 Å². The van der Waals surface area contributed by atoms with Crippen LogP contribution in [0.1, 0.15) is 18.9 Å². The van der Waals surface area contributed by atoms with E-state index in [1.165, 1.54) is 6.08 Å². The van der Waals surface area contributed by atoms with Gasteiger partial charge in [-0.2, -0.15) is 0 Å². The van der Waals surface area contributed by atoms with Crippen molar-refractivity contribution in [3.63, 3.8) is 0 Å². The minimum atomic E-state index is -0.395. The zero-order valence-electron chi connectivity index (χ0n) is 11.0. The van der Waals surface area contributed by atoms with E-state index in [0.29, 0.717) is 6.42 Å². The molecule has 0 atom stereocenters. The summed E-state index contributed by atoms with van der Waals surface area (Å²) in [6.45, 7) is 5.63. The van der Waals surface area contributed by atoms with Crippen molar-refractivity contribution in [3.05, 3.63) is 88.2 Å². The Hall–Kier alpha value is -2.42. The number of nitrogens with zero attached hydrogens (tertiary/aromatic N) is 1. The van der Waals surface area contributed by atoms with Crippen molar-refractivity contribution in [2.75, 3.05) is 0 Å². The van der Waals surface area contributed by atoms with Gasteiger partial charge < -0.3 is 0 Å². The second-order valence-electron chi connectivity index (χ2n) is 3.99. The van der Waals surface area contributed by atoms with Crippen molar-refractivity contribution in [2.24, 2.45) is 0 Å². The number of hydrogen-bond donors (Lipinski definition) is 0. The summed E-state index contributed by atoms with van der Waals surface area (Å²) < 4.78 is 0. The molecule has 0 spiro atoms. The largest absolute Gasteiger partial charge is 0.265 e. The molecule has 0 bridgehead atoms. The maximum atomic E-state index is 10.7. The zero-order chi connectivity index (χ0) is 14.1. The molecule has 0 aliphatic carbocycles. The molecule has 0 saturated carbocycles. The summed E-state index contributed by atoms with van der Waals surface area (Å²) in [5.74, 6) is 0. The van der Waals surface area contributed by atoms with Crippen LogP contribution in [0.15, 0.2) is 72.5 Å². The first-order chi connectivity index (χ1) is 9.13. The van der Waals surface area contributed by atoms with E-state index in [1.54, 1.807) is 19.1 Å². The van der Waals surface area contributed by atoms with Crippen molar-refractivity contribution in [1.29, 1.82) is 0 Å². The van der Waals surface area contributed by atoms with Crippen molar-refractivity contribution in [3.8, 4) is 0 Å². The average molecular weight is 255 g/mol. The molecule has 0 unspecified atom stereocenters. The van der Waals surface area contributed by atoms with Crippen LogP contribution in [0.4, 0.5) is 0 Å². The Balaban J connectivity index is 2.63. The maximum Gasteiger partial charge on any atom is 0.265 e. The molecule has 1 aromatic carbocycles. The third-order valence-corrected chi connectivity index (χ3v) is 2.43. The third kappa shape index (κ3) is 5.64. The molecule has 0 heterocycles. The lowest BCUT2D eigenvalue weighted by atomic mass is 10.1. The molecule has 0 amide bonds. The Kier molecular flexibility index (Phi) is 6.03. The Morgan fingerprint density at radius 1 is 1.32 bits per heavy atom. The molecule has 0 fully saturated rings. The molecule has 19 heavy (non-hydrogen) atoms. The summed E-state index contributed by atoms with van der Waals surface area (Å²) in [6, 6.07) is 9.84. The van der Waals surface area contributed by atoms with Gasteiger partial charge in [0.25, 0.3) is 5.70 Å². The predicted molar refractivity (Wildman–Crippen MR) is 79.1 cm³/mol. The lowest BCUT2D eigenvalue weighted by Gasteiger charge is -1.96. The van der Waals surface area contributed by atoms with Crippen molar-refractivity contribution in [2.45, 2.75) is 13.3 Å². The number of allylic oxidation sites excluding steroid dienone is 5. The Bertz CT molecular complexity index is 525. The molecule has 0 aromatic heterocycles. The van der Waals surface area contributed by atoms with Crippen molar-refractivity contribution in [1.82, 2.24) is 0 Å². The summed E-state index contributed by atoms with van der Waals surface area (Å²) in [7, 11) is 0. The van der Waals surface area contributed by atoms with E-state index in [2.05, 4.69) is 6.58 Å². The molecule has 0 N–H and O–H groups in total. The van der Waals surface area contributed by atoms with Gasteiger partial charge in [0.05, 0.1) is 4.92 Å². The molecule has 0 saturated heterocycles. The number of benzene rings is 1. The molecule has 0 radical (unpaired) electrons. The van der Waals surface area contributed by atoms with E-state index in [-0.39, 0.29) is 5.70 Å². The van der Waals surface area contributed by atoms with Crippen LogP contribution in [0.3, 0.4) is 0 Å². The Morgan fingerprint density at radius 3 is 2.58 bits per heavy atom. The first-order valence-corrected chi connectivity index (χ1v) is 6.01. The summed E-state index contributed by atoms with van der Waals surface area (Å²) >= 11 is 0. The van der Waals surface area contributed by atoms with Crippen LogP contribution >= 0.6 is 0 Å². The number of hydrogen-bond acceptors (Lipinski definition) is 2. The summed E-state index contributed by atoms with van der Waals surface area (Å²) in [5, 5.41) is 10.7. The van der Waals surface area contributed by atoms with Crippen molar-refractivity contribution < 1.29 is 4.92 Å². The van der Waals surface area contributed by atoms with Gasteiger partial charge in [0.1, 0.15) is 0 Å². The fourth-order valence-corrected chi connectivity index (χ4v) is 1.46. The molecule has 3 nitrogen and oxygen atoms in total. The summed E-state index contributed by atoms with van der Waals surface area (Å²) in [6.07, 6.45) is 8.98. The zero-order valence-corrected chi connectivity index (χ0v) is 11.0. The average Bonchev–Trinajstić information content (AvgIpc) is 2.42. The SMILES string of the molecule is C=C(/C=C/c1ccccc1)C/C=C(\C=C/C)[N+](=O)[O-]. The van der Waals surface area contributed by atoms with Gasteiger partial charge in [0, 0.05) is 6.08 Å². The van der Waals surface area contributed by atoms with Gasteiger partial charge in [-0.15, -0.1) is 0 Å². The van der Waals surface area contributed by atoms with Gasteiger partial charge in [-0.25, -0.2) is 0 Å². The van der Waals surface area contributed by atoms with Crippen LogP contribution in [0.2, 0.25) is 0 Å². The second-order valence-corrected chi connectivity index (χ2v) is 3.99. The molecular formula is C16H17NO2. The van der Waals surface area contributed by atoms with Crippen LogP contribution in [0, 0.1) is 10.1 Å². The predicted octanol–water partition coefficient (Wildman–Crippen LogP) is 4.38. The molecule has 0 aliphatic rings. The monoisotopic (exact) mass is 255 g/mol. The quantitative estimate of drug-likeness (QED) is 0.430. The van der Waals surface area contributed by atoms with Gasteiger partial charge in [-0.3, -0.25) is 10.1 Å². The highest BCUT2D eigenvalue weighted by Gasteiger charge is 2.03. The first kappa shape index (κ1) is 14.6. The van der Waals surface area contributed by atoms with Gasteiger partial charge >= 0.3 is 0 Å². The highest BCUT2D eigenvalue weighted by atomic mass is 16.6. The second kappa shape index (κ2) is 7.82. The normalized spacial score (nSPS) is 12.2. The van der Waals surface area contributed by atoms with Crippen LogP contribution in [0.5, 0.6) is 0 Å². The Labute approximate surface area is 113 Å². The fourth-order valence-electron chi connectivity index (χ4n) is 1.46. The van der Waals surface area contributed by atoms with E-state index < -0.39 is 4.92 Å². The standard InChI is InChI=1S/C16H17NO2/c1-3-7-16(17(18)19)13-11-14(2)10-12-15-8-5-4-6-9-15/h3-10,12-13H,2,11H2,1H3/b7-3-,12-10+,16-13+. The molecule has 0 aliphatic heterocycles. The highest BCUT2D eigenvalue weighted by molar-refractivity contribution is 5.52. The minimum absolute atomic E-state index is 0.0942. The van der Waals surface area contributed by atoms with Crippen molar-refractivity contribution >= 4 is 6.08 Å². The van der Waals surface area contributed by atoms with Crippen LogP contribution in [0.25, 0.3) is 6.08 Å². The van der Waals surface area contributed by atoms with Gasteiger partial charge in [-0.05, 0) is 25.0 Å². The summed E-state index contributed by atoms with van der Waals surface area (Å²) in [5.41, 5.74) is 2.00. The van der Waals surface area contributed by atoms with Crippen LogP contribution in [-0.2, 0) is 0 Å². The maximum absolute atomic E-state index is 10.7. The van der Waals surface area contributed by atoms with E-state index in [4.69, 9.17) is 0 Å².